The first-order valence-electron chi connectivity index (χ1n) is 8.83. The summed E-state index contributed by atoms with van der Waals surface area (Å²) in [6.07, 6.45) is -4.65. The summed E-state index contributed by atoms with van der Waals surface area (Å²) < 4.78 is 42.6. The molecule has 13 heteroatoms. The molecular formula is C18H17ClF3N5O3S. The average Bonchev–Trinajstić information content (AvgIpc) is 3.02. The van der Waals surface area contributed by atoms with Crippen LogP contribution in [-0.4, -0.2) is 30.3 Å². The number of amides is 1. The first-order chi connectivity index (χ1) is 14.4. The largest absolute Gasteiger partial charge is 0.417 e. The van der Waals surface area contributed by atoms with Crippen LogP contribution in [0, 0.1) is 0 Å². The van der Waals surface area contributed by atoms with E-state index in [-0.39, 0.29) is 23.4 Å². The number of thioether (sulfide) groups is 1. The van der Waals surface area contributed by atoms with E-state index in [9.17, 15) is 27.6 Å². The molecule has 166 valence electrons. The van der Waals surface area contributed by atoms with Crippen LogP contribution in [0.25, 0.3) is 11.2 Å². The van der Waals surface area contributed by atoms with Crippen molar-refractivity contribution in [2.75, 3.05) is 11.1 Å². The number of imidazole rings is 1. The third-order valence-electron chi connectivity index (χ3n) is 4.54. The minimum absolute atomic E-state index is 0.0191. The zero-order valence-electron chi connectivity index (χ0n) is 16.6. The number of nitrogens with one attached hydrogen (secondary N) is 1. The van der Waals surface area contributed by atoms with Gasteiger partial charge in [-0.15, -0.1) is 0 Å². The van der Waals surface area contributed by atoms with Gasteiger partial charge < -0.3 is 9.88 Å². The molecule has 1 aromatic carbocycles. The Morgan fingerprint density at radius 2 is 1.84 bits per heavy atom. The molecule has 0 spiro atoms. The highest BCUT2D eigenvalue weighted by atomic mass is 35.5. The van der Waals surface area contributed by atoms with Crippen LogP contribution < -0.4 is 16.6 Å². The van der Waals surface area contributed by atoms with Gasteiger partial charge in [0.15, 0.2) is 16.3 Å². The molecule has 0 fully saturated rings. The lowest BCUT2D eigenvalue weighted by molar-refractivity contribution is -0.137. The number of anilines is 1. The summed E-state index contributed by atoms with van der Waals surface area (Å²) in [4.78, 5) is 40.8. The molecule has 2 aromatic heterocycles. The van der Waals surface area contributed by atoms with Crippen molar-refractivity contribution >= 4 is 46.1 Å². The van der Waals surface area contributed by atoms with Crippen LogP contribution in [0.4, 0.5) is 18.9 Å². The topological polar surface area (TPSA) is 90.9 Å². The van der Waals surface area contributed by atoms with Crippen LogP contribution in [-0.2, 0) is 32.1 Å². The van der Waals surface area contributed by atoms with Gasteiger partial charge in [-0.3, -0.25) is 18.7 Å². The molecule has 0 atom stereocenters. The minimum Gasteiger partial charge on any atom is -0.326 e. The van der Waals surface area contributed by atoms with Crippen molar-refractivity contribution in [3.8, 4) is 0 Å². The Morgan fingerprint density at radius 3 is 2.48 bits per heavy atom. The normalized spacial score (nSPS) is 11.8. The number of carbonyl (C=O) groups excluding carboxylic acids is 1. The highest BCUT2D eigenvalue weighted by Crippen LogP contribution is 2.36. The monoisotopic (exact) mass is 475 g/mol. The van der Waals surface area contributed by atoms with E-state index < -0.39 is 33.9 Å². The highest BCUT2D eigenvalue weighted by molar-refractivity contribution is 7.99. The molecule has 3 aromatic rings. The van der Waals surface area contributed by atoms with E-state index in [1.807, 2.05) is 0 Å². The van der Waals surface area contributed by atoms with Gasteiger partial charge in [0.2, 0.25) is 5.91 Å². The lowest BCUT2D eigenvalue weighted by atomic mass is 10.2. The fourth-order valence-electron chi connectivity index (χ4n) is 2.97. The van der Waals surface area contributed by atoms with E-state index in [0.717, 1.165) is 16.7 Å². The maximum Gasteiger partial charge on any atom is 0.417 e. The van der Waals surface area contributed by atoms with Crippen molar-refractivity contribution in [2.24, 2.45) is 21.1 Å². The van der Waals surface area contributed by atoms with Crippen LogP contribution in [0.1, 0.15) is 12.0 Å². The zero-order valence-corrected chi connectivity index (χ0v) is 18.2. The Balaban J connectivity index is 1.71. The second-order valence-corrected chi connectivity index (χ2v) is 8.14. The molecule has 1 amide bonds. The molecule has 0 saturated heterocycles. The molecule has 0 bridgehead atoms. The smallest absolute Gasteiger partial charge is 0.326 e. The molecule has 0 radical (unpaired) electrons. The van der Waals surface area contributed by atoms with E-state index >= 15 is 0 Å². The summed E-state index contributed by atoms with van der Waals surface area (Å²) in [5, 5.41) is 2.37. The molecule has 0 aliphatic heterocycles. The van der Waals surface area contributed by atoms with Crippen LogP contribution in [0.5, 0.6) is 0 Å². The predicted molar refractivity (Wildman–Crippen MR) is 112 cm³/mol. The molecule has 8 nitrogen and oxygen atoms in total. The van der Waals surface area contributed by atoms with Gasteiger partial charge in [-0.25, -0.2) is 9.78 Å². The molecule has 0 saturated carbocycles. The lowest BCUT2D eigenvalue weighted by Crippen LogP contribution is -2.37. The fraction of sp³-hybridized carbons (Fsp3) is 0.333. The number of hydrogen-bond acceptors (Lipinski definition) is 5. The Bertz CT molecular complexity index is 1300. The number of aryl methyl sites for hydroxylation is 2. The summed E-state index contributed by atoms with van der Waals surface area (Å²) in [6.45, 7) is 0. The number of aromatic nitrogens is 4. The van der Waals surface area contributed by atoms with Crippen LogP contribution >= 0.6 is 23.4 Å². The van der Waals surface area contributed by atoms with Crippen LogP contribution in [0.15, 0.2) is 32.9 Å². The maximum atomic E-state index is 12.9. The van der Waals surface area contributed by atoms with E-state index in [0.29, 0.717) is 10.8 Å². The molecule has 3 rings (SSSR count). The third kappa shape index (κ3) is 4.49. The first kappa shape index (κ1) is 22.9. The summed E-state index contributed by atoms with van der Waals surface area (Å²) >= 11 is 6.75. The second-order valence-electron chi connectivity index (χ2n) is 6.67. The number of nitrogens with zero attached hydrogens (tertiary/aromatic N) is 4. The number of carbonyl (C=O) groups is 1. The number of fused-ring (bicyclic) bond motifs is 1. The lowest BCUT2D eigenvalue weighted by Gasteiger charge is -2.11. The standard InChI is InChI=1S/C18H17ClF3N5O3S/c1-25-14-13(15(29)27(3)17(30)26(14)2)24-16(25)31-7-6-12(28)23-9-4-5-11(19)10(8-9)18(20,21)22/h4-5,8H,6-7H2,1-3H3,(H,23,28). The number of alkyl halides is 3. The van der Waals surface area contributed by atoms with E-state index in [4.69, 9.17) is 11.6 Å². The fourth-order valence-corrected chi connectivity index (χ4v) is 4.10. The highest BCUT2D eigenvalue weighted by Gasteiger charge is 2.33. The van der Waals surface area contributed by atoms with Crippen molar-refractivity contribution in [1.82, 2.24) is 18.7 Å². The number of rotatable bonds is 5. The molecule has 31 heavy (non-hydrogen) atoms. The Morgan fingerprint density at radius 1 is 1.16 bits per heavy atom. The predicted octanol–water partition coefficient (Wildman–Crippen LogP) is 2.76. The van der Waals surface area contributed by atoms with Gasteiger partial charge in [0.05, 0.1) is 10.6 Å². The average molecular weight is 476 g/mol. The molecule has 0 unspecified atom stereocenters. The molecule has 0 aliphatic carbocycles. The van der Waals surface area contributed by atoms with Crippen molar-refractivity contribution < 1.29 is 18.0 Å². The Hall–Kier alpha value is -2.73. The van der Waals surface area contributed by atoms with E-state index in [2.05, 4.69) is 10.3 Å². The Kier molecular flexibility index (Phi) is 6.23. The van der Waals surface area contributed by atoms with Crippen LogP contribution in [0.2, 0.25) is 5.02 Å². The van der Waals surface area contributed by atoms with Crippen molar-refractivity contribution in [2.45, 2.75) is 17.8 Å². The van der Waals surface area contributed by atoms with Gasteiger partial charge in [-0.1, -0.05) is 23.4 Å². The molecule has 2 heterocycles. The van der Waals surface area contributed by atoms with E-state index in [1.165, 1.54) is 36.5 Å². The second kappa shape index (κ2) is 8.42. The van der Waals surface area contributed by atoms with Crippen molar-refractivity contribution in [1.29, 1.82) is 0 Å². The zero-order chi connectivity index (χ0) is 23.1. The first-order valence-corrected chi connectivity index (χ1v) is 10.2. The van der Waals surface area contributed by atoms with Gasteiger partial charge >= 0.3 is 11.9 Å². The van der Waals surface area contributed by atoms with Gasteiger partial charge in [0.1, 0.15) is 0 Å². The van der Waals surface area contributed by atoms with Gasteiger partial charge in [0.25, 0.3) is 5.56 Å². The van der Waals surface area contributed by atoms with Gasteiger partial charge in [-0.2, -0.15) is 13.2 Å². The number of halogens is 4. The maximum absolute atomic E-state index is 12.9. The van der Waals surface area contributed by atoms with E-state index in [1.54, 1.807) is 11.6 Å². The number of hydrogen-bond donors (Lipinski definition) is 1. The summed E-state index contributed by atoms with van der Waals surface area (Å²) in [7, 11) is 4.52. The van der Waals surface area contributed by atoms with Crippen molar-refractivity contribution in [3.05, 3.63) is 49.6 Å². The quantitative estimate of drug-likeness (QED) is 0.573. The van der Waals surface area contributed by atoms with Crippen LogP contribution in [0.3, 0.4) is 0 Å². The van der Waals surface area contributed by atoms with Gasteiger partial charge in [0, 0.05) is 39.0 Å². The SMILES string of the molecule is Cn1c(=O)c2nc(SCCC(=O)Nc3ccc(Cl)c(C(F)(F)F)c3)n(C)c2n(C)c1=O. The molecule has 0 aliphatic rings. The summed E-state index contributed by atoms with van der Waals surface area (Å²) in [6, 6.07) is 3.12. The molecule has 1 N–H and O–H groups in total. The van der Waals surface area contributed by atoms with Gasteiger partial charge in [-0.05, 0) is 18.2 Å². The minimum atomic E-state index is -4.63. The third-order valence-corrected chi connectivity index (χ3v) is 5.90. The summed E-state index contributed by atoms with van der Waals surface area (Å²) in [5.74, 6) is -0.248. The molecular weight excluding hydrogens is 459 g/mol. The Labute approximate surface area is 182 Å². The number of benzene rings is 1. The van der Waals surface area contributed by atoms with Crippen molar-refractivity contribution in [3.63, 3.8) is 0 Å². The summed E-state index contributed by atoms with van der Waals surface area (Å²) in [5.41, 5.74) is -1.60.